The lowest BCUT2D eigenvalue weighted by Gasteiger charge is -2.31. The molecule has 2 aliphatic heterocycles. The molecule has 1 aromatic heterocycles. The summed E-state index contributed by atoms with van der Waals surface area (Å²) in [6.07, 6.45) is 4.07. The van der Waals surface area contributed by atoms with E-state index in [0.29, 0.717) is 48.6 Å². The number of aromatic nitrogens is 1. The van der Waals surface area contributed by atoms with Crippen molar-refractivity contribution in [1.82, 2.24) is 15.2 Å². The topological polar surface area (TPSA) is 101 Å². The molecule has 8 heteroatoms. The van der Waals surface area contributed by atoms with Crippen molar-refractivity contribution in [3.8, 4) is 0 Å². The zero-order valence-corrected chi connectivity index (χ0v) is 19.1. The molecule has 8 nitrogen and oxygen atoms in total. The zero-order valence-electron chi connectivity index (χ0n) is 19.1. The number of nitrogens with zero attached hydrogens (tertiary/aromatic N) is 1. The molecule has 2 saturated heterocycles. The molecule has 3 heterocycles. The van der Waals surface area contributed by atoms with E-state index in [1.165, 1.54) is 0 Å². The van der Waals surface area contributed by atoms with E-state index in [1.807, 2.05) is 0 Å². The number of likely N-dealkylation sites (tertiary alicyclic amines) is 1. The monoisotopic (exact) mass is 433 g/mol. The first-order valence-electron chi connectivity index (χ1n) is 11.3. The number of nitrogens with one attached hydrogen (secondary N) is 2. The van der Waals surface area contributed by atoms with Crippen molar-refractivity contribution < 1.29 is 23.9 Å². The SMILES string of the molecule is Cc1[nH]c(C(=O)N2CCC(CC(=O)NCC3CCCO3)CC2)c(C)c1C(=O)OC(C)C. The fourth-order valence-electron chi connectivity index (χ4n) is 4.41. The molecule has 2 amide bonds. The number of aromatic amines is 1. The van der Waals surface area contributed by atoms with Crippen LogP contribution in [0.5, 0.6) is 0 Å². The normalized spacial score (nSPS) is 19.6. The van der Waals surface area contributed by atoms with Gasteiger partial charge in [-0.25, -0.2) is 4.79 Å². The standard InChI is InChI=1S/C23H35N3O5/c1-14(2)31-23(29)20-15(3)21(25-16(20)4)22(28)26-9-7-17(8-10-26)12-19(27)24-13-18-6-5-11-30-18/h14,17-18,25H,5-13H2,1-4H3,(H,24,27). The number of carbonyl (C=O) groups excluding carboxylic acids is 3. The second-order valence-corrected chi connectivity index (χ2v) is 8.96. The Bertz CT molecular complexity index is 802. The molecule has 0 bridgehead atoms. The number of rotatable bonds is 7. The maximum Gasteiger partial charge on any atom is 0.340 e. The molecule has 0 radical (unpaired) electrons. The van der Waals surface area contributed by atoms with Crippen molar-refractivity contribution >= 4 is 17.8 Å². The van der Waals surface area contributed by atoms with Crippen LogP contribution in [0.2, 0.25) is 0 Å². The molecule has 0 aliphatic carbocycles. The van der Waals surface area contributed by atoms with Gasteiger partial charge in [-0.3, -0.25) is 9.59 Å². The van der Waals surface area contributed by atoms with Crippen LogP contribution in [-0.2, 0) is 14.3 Å². The Morgan fingerprint density at radius 3 is 2.52 bits per heavy atom. The van der Waals surface area contributed by atoms with Crippen LogP contribution in [-0.4, -0.2) is 66.1 Å². The number of hydrogen-bond donors (Lipinski definition) is 2. The average molecular weight is 434 g/mol. The summed E-state index contributed by atoms with van der Waals surface area (Å²) in [5, 5.41) is 2.98. The molecule has 2 aliphatic rings. The van der Waals surface area contributed by atoms with Crippen LogP contribution in [0, 0.1) is 19.8 Å². The Kier molecular flexibility index (Phi) is 7.75. The van der Waals surface area contributed by atoms with Crippen LogP contribution in [0.25, 0.3) is 0 Å². The number of amides is 2. The van der Waals surface area contributed by atoms with Crippen LogP contribution in [0.1, 0.15) is 78.1 Å². The maximum absolute atomic E-state index is 13.1. The molecule has 172 valence electrons. The second-order valence-electron chi connectivity index (χ2n) is 8.96. The lowest BCUT2D eigenvalue weighted by molar-refractivity contribution is -0.122. The number of aryl methyl sites for hydroxylation is 1. The van der Waals surface area contributed by atoms with Crippen LogP contribution in [0.3, 0.4) is 0 Å². The van der Waals surface area contributed by atoms with Gasteiger partial charge in [0.05, 0.1) is 17.8 Å². The molecular weight excluding hydrogens is 398 g/mol. The van der Waals surface area contributed by atoms with Gasteiger partial charge in [-0.15, -0.1) is 0 Å². The summed E-state index contributed by atoms with van der Waals surface area (Å²) < 4.78 is 10.8. The third kappa shape index (κ3) is 5.87. The van der Waals surface area contributed by atoms with E-state index in [1.54, 1.807) is 32.6 Å². The van der Waals surface area contributed by atoms with E-state index >= 15 is 0 Å². The van der Waals surface area contributed by atoms with Crippen LogP contribution >= 0.6 is 0 Å². The molecule has 0 spiro atoms. The third-order valence-corrected chi connectivity index (χ3v) is 6.12. The first kappa shape index (κ1) is 23.3. The number of carbonyl (C=O) groups is 3. The first-order chi connectivity index (χ1) is 14.8. The van der Waals surface area contributed by atoms with Gasteiger partial charge in [0.1, 0.15) is 5.69 Å². The van der Waals surface area contributed by atoms with Crippen molar-refractivity contribution in [2.24, 2.45) is 5.92 Å². The van der Waals surface area contributed by atoms with Crippen molar-refractivity contribution in [2.45, 2.75) is 72.0 Å². The Morgan fingerprint density at radius 1 is 1.19 bits per heavy atom. The molecule has 1 unspecified atom stereocenters. The minimum atomic E-state index is -0.409. The van der Waals surface area contributed by atoms with E-state index in [9.17, 15) is 14.4 Å². The highest BCUT2D eigenvalue weighted by Gasteiger charge is 2.29. The Hall–Kier alpha value is -2.35. The predicted molar refractivity (Wildman–Crippen MR) is 116 cm³/mol. The summed E-state index contributed by atoms with van der Waals surface area (Å²) in [5.41, 5.74) is 2.16. The van der Waals surface area contributed by atoms with Crippen molar-refractivity contribution in [3.05, 3.63) is 22.5 Å². The van der Waals surface area contributed by atoms with E-state index in [2.05, 4.69) is 10.3 Å². The summed E-state index contributed by atoms with van der Waals surface area (Å²) in [6.45, 7) is 9.73. The molecule has 2 N–H and O–H groups in total. The van der Waals surface area contributed by atoms with Crippen molar-refractivity contribution in [2.75, 3.05) is 26.2 Å². The summed E-state index contributed by atoms with van der Waals surface area (Å²) in [4.78, 5) is 42.6. The van der Waals surface area contributed by atoms with Crippen molar-refractivity contribution in [3.63, 3.8) is 0 Å². The molecule has 3 rings (SSSR count). The largest absolute Gasteiger partial charge is 0.459 e. The number of piperidine rings is 1. The third-order valence-electron chi connectivity index (χ3n) is 6.12. The van der Waals surface area contributed by atoms with Gasteiger partial charge in [-0.1, -0.05) is 0 Å². The molecule has 1 aromatic rings. The van der Waals surface area contributed by atoms with Crippen LogP contribution in [0.15, 0.2) is 0 Å². The molecule has 0 saturated carbocycles. The average Bonchev–Trinajstić information content (AvgIpc) is 3.33. The molecular formula is C23H35N3O5. The van der Waals surface area contributed by atoms with Gasteiger partial charge in [0.15, 0.2) is 0 Å². The Labute approximate surface area is 184 Å². The highest BCUT2D eigenvalue weighted by molar-refractivity contribution is 6.00. The quantitative estimate of drug-likeness (QED) is 0.644. The fraction of sp³-hybridized carbons (Fsp3) is 0.696. The van der Waals surface area contributed by atoms with Crippen LogP contribution in [0.4, 0.5) is 0 Å². The molecule has 0 aromatic carbocycles. The lowest BCUT2D eigenvalue weighted by Crippen LogP contribution is -2.40. The summed E-state index contributed by atoms with van der Waals surface area (Å²) in [5.74, 6) is -0.181. The van der Waals surface area contributed by atoms with E-state index in [4.69, 9.17) is 9.47 Å². The molecule has 2 fully saturated rings. The number of hydrogen-bond acceptors (Lipinski definition) is 5. The second kappa shape index (κ2) is 10.3. The zero-order chi connectivity index (χ0) is 22.5. The Morgan fingerprint density at radius 2 is 1.90 bits per heavy atom. The molecule has 31 heavy (non-hydrogen) atoms. The summed E-state index contributed by atoms with van der Waals surface area (Å²) in [7, 11) is 0. The van der Waals surface area contributed by atoms with Gasteiger partial charge in [-0.2, -0.15) is 0 Å². The Balaban J connectivity index is 1.51. The highest BCUT2D eigenvalue weighted by Crippen LogP contribution is 2.25. The fourth-order valence-corrected chi connectivity index (χ4v) is 4.41. The van der Waals surface area contributed by atoms with Gasteiger partial charge in [0.25, 0.3) is 5.91 Å². The number of esters is 1. The molecule has 1 atom stereocenters. The van der Waals surface area contributed by atoms with E-state index in [-0.39, 0.29) is 29.9 Å². The van der Waals surface area contributed by atoms with Gasteiger partial charge in [-0.05, 0) is 64.9 Å². The van der Waals surface area contributed by atoms with Crippen molar-refractivity contribution in [1.29, 1.82) is 0 Å². The number of H-pyrrole nitrogens is 1. The maximum atomic E-state index is 13.1. The lowest BCUT2D eigenvalue weighted by atomic mass is 9.93. The van der Waals surface area contributed by atoms with Crippen LogP contribution < -0.4 is 5.32 Å². The first-order valence-corrected chi connectivity index (χ1v) is 11.3. The summed E-state index contributed by atoms with van der Waals surface area (Å²) >= 11 is 0. The van der Waals surface area contributed by atoms with Gasteiger partial charge in [0, 0.05) is 38.4 Å². The number of ether oxygens (including phenoxy) is 2. The summed E-state index contributed by atoms with van der Waals surface area (Å²) in [6, 6.07) is 0. The smallest absolute Gasteiger partial charge is 0.340 e. The predicted octanol–water partition coefficient (Wildman–Crippen LogP) is 2.73. The van der Waals surface area contributed by atoms with E-state index < -0.39 is 5.97 Å². The minimum Gasteiger partial charge on any atom is -0.459 e. The van der Waals surface area contributed by atoms with Gasteiger partial charge in [0.2, 0.25) is 5.91 Å². The highest BCUT2D eigenvalue weighted by atomic mass is 16.5. The van der Waals surface area contributed by atoms with Gasteiger partial charge >= 0.3 is 5.97 Å². The van der Waals surface area contributed by atoms with Gasteiger partial charge < -0.3 is 24.7 Å². The van der Waals surface area contributed by atoms with E-state index in [0.717, 1.165) is 32.3 Å². The minimum absolute atomic E-state index is 0.0596.